The summed E-state index contributed by atoms with van der Waals surface area (Å²) in [4.78, 5) is 4.10. The minimum Gasteiger partial charge on any atom is -0.370 e. The number of nitrogens with two attached hydrogens (primary N) is 1. The van der Waals surface area contributed by atoms with Crippen molar-refractivity contribution in [3.05, 3.63) is 29.8 Å². The van der Waals surface area contributed by atoms with Gasteiger partial charge in [0.2, 0.25) is 0 Å². The molecule has 0 saturated carbocycles. The molecule has 0 spiro atoms. The van der Waals surface area contributed by atoms with E-state index in [2.05, 4.69) is 17.2 Å². The first kappa shape index (κ1) is 20.2. The molecule has 0 aliphatic heterocycles. The van der Waals surface area contributed by atoms with Crippen molar-refractivity contribution in [2.75, 3.05) is 18.1 Å². The summed E-state index contributed by atoms with van der Waals surface area (Å²) in [6, 6.07) is 7.86. The molecule has 1 aromatic rings. The first-order valence-electron chi connectivity index (χ1n) is 6.51. The molecule has 120 valence electrons. The fraction of sp³-hybridized carbons (Fsp3) is 0.500. The lowest BCUT2D eigenvalue weighted by Gasteiger charge is -2.20. The lowest BCUT2D eigenvalue weighted by molar-refractivity contribution is 0.555. The fourth-order valence-electron chi connectivity index (χ4n) is 1.40. The molecule has 0 unspecified atom stereocenters. The van der Waals surface area contributed by atoms with Crippen LogP contribution in [-0.4, -0.2) is 31.9 Å². The van der Waals surface area contributed by atoms with Crippen LogP contribution >= 0.6 is 24.0 Å². The molecule has 5 nitrogen and oxygen atoms in total. The Labute approximate surface area is 144 Å². The Hall–Kier alpha value is -0.830. The number of hydrogen-bond acceptors (Lipinski definition) is 3. The molecule has 1 rings (SSSR count). The number of hydrogen-bond donors (Lipinski definition) is 2. The standard InChI is InChI=1S/C14H23N3O2S.HI/c1-5-11-6-8-12(9-7-11)17-13(15)16-10-14(2,3)20(4,18)19;/h6-9H,5,10H2,1-4H3,(H3,15,16,17);1H. The Morgan fingerprint density at radius 2 is 1.81 bits per heavy atom. The summed E-state index contributed by atoms with van der Waals surface area (Å²) in [5, 5.41) is 2.95. The van der Waals surface area contributed by atoms with E-state index in [1.807, 2.05) is 24.3 Å². The first-order chi connectivity index (χ1) is 9.15. The minimum atomic E-state index is -3.17. The highest BCUT2D eigenvalue weighted by Crippen LogP contribution is 2.15. The van der Waals surface area contributed by atoms with Gasteiger partial charge >= 0.3 is 0 Å². The van der Waals surface area contributed by atoms with Gasteiger partial charge in [0.25, 0.3) is 0 Å². The van der Waals surface area contributed by atoms with Gasteiger partial charge in [0, 0.05) is 11.9 Å². The van der Waals surface area contributed by atoms with Crippen LogP contribution in [0, 0.1) is 0 Å². The quantitative estimate of drug-likeness (QED) is 0.431. The lowest BCUT2D eigenvalue weighted by atomic mass is 10.1. The van der Waals surface area contributed by atoms with Crippen LogP contribution in [0.2, 0.25) is 0 Å². The predicted octanol–water partition coefficient (Wildman–Crippen LogP) is 2.42. The van der Waals surface area contributed by atoms with Crippen LogP contribution in [0.4, 0.5) is 5.69 Å². The topological polar surface area (TPSA) is 84.5 Å². The molecule has 0 amide bonds. The molecule has 7 heteroatoms. The van der Waals surface area contributed by atoms with E-state index in [4.69, 9.17) is 5.73 Å². The zero-order valence-corrected chi connectivity index (χ0v) is 16.0. The van der Waals surface area contributed by atoms with Crippen LogP contribution in [0.15, 0.2) is 29.3 Å². The summed E-state index contributed by atoms with van der Waals surface area (Å²) in [7, 11) is -3.17. The number of anilines is 1. The van der Waals surface area contributed by atoms with Crippen molar-refractivity contribution in [1.29, 1.82) is 0 Å². The van der Waals surface area contributed by atoms with Gasteiger partial charge in [0.05, 0.1) is 11.3 Å². The monoisotopic (exact) mass is 425 g/mol. The average molecular weight is 425 g/mol. The van der Waals surface area contributed by atoms with Gasteiger partial charge in [-0.05, 0) is 38.0 Å². The maximum absolute atomic E-state index is 11.6. The third-order valence-corrected chi connectivity index (χ3v) is 5.41. The van der Waals surface area contributed by atoms with Crippen LogP contribution in [0.25, 0.3) is 0 Å². The van der Waals surface area contributed by atoms with Crippen molar-refractivity contribution in [1.82, 2.24) is 0 Å². The zero-order chi connectivity index (χ0) is 15.4. The van der Waals surface area contributed by atoms with Crippen molar-refractivity contribution in [3.63, 3.8) is 0 Å². The Balaban J connectivity index is 0.00000400. The van der Waals surface area contributed by atoms with E-state index < -0.39 is 14.6 Å². The molecule has 0 atom stereocenters. The number of aliphatic imine (C=N–C) groups is 1. The molecule has 0 aromatic heterocycles. The Kier molecular flexibility index (Phi) is 7.66. The number of guanidine groups is 1. The van der Waals surface area contributed by atoms with Gasteiger partial charge < -0.3 is 11.1 Å². The van der Waals surface area contributed by atoms with Gasteiger partial charge in [-0.2, -0.15) is 0 Å². The smallest absolute Gasteiger partial charge is 0.193 e. The number of rotatable bonds is 5. The number of aryl methyl sites for hydroxylation is 1. The van der Waals surface area contributed by atoms with E-state index in [9.17, 15) is 8.42 Å². The molecule has 0 heterocycles. The Morgan fingerprint density at radius 3 is 2.24 bits per heavy atom. The normalized spacial score (nSPS) is 12.7. The molecule has 0 bridgehead atoms. The molecule has 1 aromatic carbocycles. The zero-order valence-electron chi connectivity index (χ0n) is 12.9. The second kappa shape index (κ2) is 7.98. The molecule has 0 fully saturated rings. The van der Waals surface area contributed by atoms with Gasteiger partial charge in [0.15, 0.2) is 15.8 Å². The van der Waals surface area contributed by atoms with E-state index in [1.54, 1.807) is 13.8 Å². The molecular formula is C14H24IN3O2S. The summed E-state index contributed by atoms with van der Waals surface area (Å²) in [5.41, 5.74) is 7.84. The summed E-state index contributed by atoms with van der Waals surface area (Å²) in [6.45, 7) is 5.48. The minimum absolute atomic E-state index is 0. The van der Waals surface area contributed by atoms with Crippen LogP contribution in [0.3, 0.4) is 0 Å². The van der Waals surface area contributed by atoms with Crippen LogP contribution < -0.4 is 11.1 Å². The highest BCUT2D eigenvalue weighted by atomic mass is 127. The van der Waals surface area contributed by atoms with Gasteiger partial charge in [-0.1, -0.05) is 19.1 Å². The van der Waals surface area contributed by atoms with Crippen molar-refractivity contribution in [3.8, 4) is 0 Å². The number of nitrogens with zero attached hydrogens (tertiary/aromatic N) is 1. The van der Waals surface area contributed by atoms with Crippen molar-refractivity contribution in [2.45, 2.75) is 31.9 Å². The summed E-state index contributed by atoms with van der Waals surface area (Å²) >= 11 is 0. The van der Waals surface area contributed by atoms with Crippen LogP contribution in [0.5, 0.6) is 0 Å². The maximum Gasteiger partial charge on any atom is 0.193 e. The molecule has 0 radical (unpaired) electrons. The van der Waals surface area contributed by atoms with Gasteiger partial charge in [-0.25, -0.2) is 8.42 Å². The predicted molar refractivity (Wildman–Crippen MR) is 100 cm³/mol. The number of benzene rings is 1. The second-order valence-corrected chi connectivity index (χ2v) is 8.06. The third kappa shape index (κ3) is 6.21. The molecular weight excluding hydrogens is 401 g/mol. The fourth-order valence-corrected chi connectivity index (χ4v) is 1.70. The summed E-state index contributed by atoms with van der Waals surface area (Å²) in [5.74, 6) is 0.214. The summed E-state index contributed by atoms with van der Waals surface area (Å²) < 4.78 is 22.2. The van der Waals surface area contributed by atoms with Crippen molar-refractivity contribution >= 4 is 45.5 Å². The van der Waals surface area contributed by atoms with Crippen molar-refractivity contribution in [2.24, 2.45) is 10.7 Å². The second-order valence-electron chi connectivity index (χ2n) is 5.41. The molecule has 0 aliphatic carbocycles. The van der Waals surface area contributed by atoms with Gasteiger partial charge in [0.1, 0.15) is 0 Å². The van der Waals surface area contributed by atoms with E-state index in [0.717, 1.165) is 12.1 Å². The van der Waals surface area contributed by atoms with E-state index in [0.29, 0.717) is 0 Å². The third-order valence-electron chi connectivity index (χ3n) is 3.27. The van der Waals surface area contributed by atoms with Crippen LogP contribution in [-0.2, 0) is 16.3 Å². The molecule has 21 heavy (non-hydrogen) atoms. The largest absolute Gasteiger partial charge is 0.370 e. The molecule has 0 aliphatic rings. The van der Waals surface area contributed by atoms with Gasteiger partial charge in [-0.15, -0.1) is 24.0 Å². The van der Waals surface area contributed by atoms with Gasteiger partial charge in [-0.3, -0.25) is 4.99 Å². The number of sulfone groups is 1. The maximum atomic E-state index is 11.6. The van der Waals surface area contributed by atoms with E-state index >= 15 is 0 Å². The number of halogens is 1. The lowest BCUT2D eigenvalue weighted by Crippen LogP contribution is -2.36. The van der Waals surface area contributed by atoms with E-state index in [-0.39, 0.29) is 36.5 Å². The molecule has 3 N–H and O–H groups in total. The van der Waals surface area contributed by atoms with Crippen LogP contribution in [0.1, 0.15) is 26.3 Å². The Morgan fingerprint density at radius 1 is 1.29 bits per heavy atom. The number of nitrogens with one attached hydrogen (secondary N) is 1. The average Bonchev–Trinajstić information content (AvgIpc) is 2.36. The van der Waals surface area contributed by atoms with Crippen molar-refractivity contribution < 1.29 is 8.42 Å². The Bertz CT molecular complexity index is 581. The first-order valence-corrected chi connectivity index (χ1v) is 8.40. The summed E-state index contributed by atoms with van der Waals surface area (Å²) in [6.07, 6.45) is 2.18. The molecule has 0 saturated heterocycles. The van der Waals surface area contributed by atoms with E-state index in [1.165, 1.54) is 11.8 Å². The SMILES string of the molecule is CCc1ccc(NC(N)=NCC(C)(C)S(C)(=O)=O)cc1.I. The highest BCUT2D eigenvalue weighted by molar-refractivity contribution is 14.0. The highest BCUT2D eigenvalue weighted by Gasteiger charge is 2.29.